The first-order valence-electron chi connectivity index (χ1n) is 6.80. The minimum atomic E-state index is 0.0824. The molecule has 1 aromatic heterocycles. The second-order valence-electron chi connectivity index (χ2n) is 6.31. The normalized spacial score (nSPS) is 11.4. The van der Waals surface area contributed by atoms with Crippen molar-refractivity contribution in [3.05, 3.63) is 40.8 Å². The number of rotatable bonds is 1. The highest BCUT2D eigenvalue weighted by Crippen LogP contribution is 2.31. The summed E-state index contributed by atoms with van der Waals surface area (Å²) in [7, 11) is 1.88. The smallest absolute Gasteiger partial charge is 0.147 e. The molecule has 0 radical (unpaired) electrons. The van der Waals surface area contributed by atoms with E-state index < -0.39 is 0 Å². The highest BCUT2D eigenvalue weighted by Gasteiger charge is 2.19. The fraction of sp³-hybridized carbons (Fsp3) is 0.412. The van der Waals surface area contributed by atoms with Gasteiger partial charge in [-0.15, -0.1) is 0 Å². The van der Waals surface area contributed by atoms with E-state index in [9.17, 15) is 5.26 Å². The van der Waals surface area contributed by atoms with Crippen molar-refractivity contribution < 1.29 is 0 Å². The summed E-state index contributed by atoms with van der Waals surface area (Å²) < 4.78 is 1.85. The molecule has 0 unspecified atom stereocenters. The van der Waals surface area contributed by atoms with Gasteiger partial charge in [0.2, 0.25) is 0 Å². The Hall–Kier alpha value is -2.08. The molecule has 0 aliphatic heterocycles. The van der Waals surface area contributed by atoms with E-state index in [-0.39, 0.29) is 5.41 Å². The second kappa shape index (κ2) is 4.79. The molecular formula is C17H21N3. The van der Waals surface area contributed by atoms with Gasteiger partial charge in [0.15, 0.2) is 0 Å². The van der Waals surface area contributed by atoms with Gasteiger partial charge in [0.25, 0.3) is 0 Å². The lowest BCUT2D eigenvalue weighted by Crippen LogP contribution is -2.11. The summed E-state index contributed by atoms with van der Waals surface area (Å²) in [6.45, 7) is 10.6. The average Bonchev–Trinajstić information content (AvgIpc) is 2.64. The molecule has 0 aliphatic rings. The number of aryl methyl sites for hydroxylation is 2. The van der Waals surface area contributed by atoms with E-state index in [0.29, 0.717) is 5.69 Å². The van der Waals surface area contributed by atoms with Crippen LogP contribution in [0.2, 0.25) is 0 Å². The van der Waals surface area contributed by atoms with Gasteiger partial charge < -0.3 is 4.57 Å². The van der Waals surface area contributed by atoms with Crippen LogP contribution < -0.4 is 0 Å². The average molecular weight is 267 g/mol. The van der Waals surface area contributed by atoms with Gasteiger partial charge in [-0.1, -0.05) is 32.9 Å². The zero-order valence-electron chi connectivity index (χ0n) is 13.1. The van der Waals surface area contributed by atoms with Crippen LogP contribution in [0.25, 0.3) is 11.3 Å². The summed E-state index contributed by atoms with van der Waals surface area (Å²) in [4.78, 5) is 4.58. The summed E-state index contributed by atoms with van der Waals surface area (Å²) in [5.41, 5.74) is 4.95. The number of nitrogens with zero attached hydrogens (tertiary/aromatic N) is 3. The Kier molecular flexibility index (Phi) is 3.43. The van der Waals surface area contributed by atoms with E-state index in [4.69, 9.17) is 0 Å². The molecule has 0 saturated heterocycles. The summed E-state index contributed by atoms with van der Waals surface area (Å²) >= 11 is 0. The Balaban J connectivity index is 2.71. The lowest BCUT2D eigenvalue weighted by molar-refractivity contribution is 0.590. The van der Waals surface area contributed by atoms with Crippen LogP contribution >= 0.6 is 0 Å². The van der Waals surface area contributed by atoms with Crippen molar-refractivity contribution in [2.45, 2.75) is 40.0 Å². The van der Waals surface area contributed by atoms with Gasteiger partial charge in [-0.3, -0.25) is 0 Å². The first kappa shape index (κ1) is 14.3. The van der Waals surface area contributed by atoms with Gasteiger partial charge in [0, 0.05) is 12.6 Å². The molecule has 0 N–H and O–H groups in total. The molecule has 2 aromatic rings. The maximum absolute atomic E-state index is 9.38. The maximum atomic E-state index is 9.38. The Labute approximate surface area is 120 Å². The van der Waals surface area contributed by atoms with E-state index in [2.05, 4.69) is 56.9 Å². The number of hydrogen-bond acceptors (Lipinski definition) is 2. The summed E-state index contributed by atoms with van der Waals surface area (Å²) in [6, 6.07) is 8.70. The van der Waals surface area contributed by atoms with Crippen LogP contribution in [0.5, 0.6) is 0 Å². The van der Waals surface area contributed by atoms with Crippen molar-refractivity contribution in [3.8, 4) is 17.3 Å². The largest absolute Gasteiger partial charge is 0.323 e. The molecule has 0 fully saturated rings. The molecule has 1 aromatic carbocycles. The van der Waals surface area contributed by atoms with Crippen LogP contribution in [-0.4, -0.2) is 9.55 Å². The number of nitriles is 1. The highest BCUT2D eigenvalue weighted by atomic mass is 15.1. The third-order valence-electron chi connectivity index (χ3n) is 3.78. The van der Waals surface area contributed by atoms with Crippen molar-refractivity contribution in [1.82, 2.24) is 9.55 Å². The van der Waals surface area contributed by atoms with Crippen LogP contribution in [0.1, 0.15) is 43.4 Å². The Morgan fingerprint density at radius 2 is 1.85 bits per heavy atom. The number of hydrogen-bond donors (Lipinski definition) is 0. The molecule has 20 heavy (non-hydrogen) atoms. The molecule has 1 heterocycles. The number of benzene rings is 1. The molecular weight excluding hydrogens is 246 g/mol. The number of imidazole rings is 1. The fourth-order valence-electron chi connectivity index (χ4n) is 2.27. The predicted molar refractivity (Wildman–Crippen MR) is 81.5 cm³/mol. The molecule has 2 rings (SSSR count). The molecule has 104 valence electrons. The van der Waals surface area contributed by atoms with Gasteiger partial charge in [0.05, 0.1) is 0 Å². The van der Waals surface area contributed by atoms with Gasteiger partial charge in [-0.25, -0.2) is 4.98 Å². The predicted octanol–water partition coefficient (Wildman–Crippen LogP) is 3.87. The van der Waals surface area contributed by atoms with E-state index in [0.717, 1.165) is 22.6 Å². The van der Waals surface area contributed by atoms with E-state index in [1.807, 2.05) is 18.5 Å². The SMILES string of the molecule is Cc1ccc(C(C)(C)C)cc1-c1nc(C)n(C)c1C#N. The van der Waals surface area contributed by atoms with Crippen LogP contribution in [-0.2, 0) is 12.5 Å². The first-order chi connectivity index (χ1) is 9.25. The zero-order chi connectivity index (χ0) is 15.1. The van der Waals surface area contributed by atoms with Gasteiger partial charge in [0.1, 0.15) is 23.3 Å². The number of aromatic nitrogens is 2. The molecule has 0 amide bonds. The molecule has 0 atom stereocenters. The van der Waals surface area contributed by atoms with Crippen LogP contribution in [0.4, 0.5) is 0 Å². The Bertz CT molecular complexity index is 694. The van der Waals surface area contributed by atoms with Crippen molar-refractivity contribution in [2.24, 2.45) is 7.05 Å². The first-order valence-corrected chi connectivity index (χ1v) is 6.80. The molecule has 0 bridgehead atoms. The quantitative estimate of drug-likeness (QED) is 0.787. The Morgan fingerprint density at radius 1 is 1.20 bits per heavy atom. The van der Waals surface area contributed by atoms with Gasteiger partial charge in [-0.2, -0.15) is 5.26 Å². The van der Waals surface area contributed by atoms with Crippen molar-refractivity contribution >= 4 is 0 Å². The maximum Gasteiger partial charge on any atom is 0.147 e. The van der Waals surface area contributed by atoms with Crippen molar-refractivity contribution in [2.75, 3.05) is 0 Å². The third-order valence-corrected chi connectivity index (χ3v) is 3.78. The Morgan fingerprint density at radius 3 is 2.40 bits per heavy atom. The zero-order valence-corrected chi connectivity index (χ0v) is 13.1. The monoisotopic (exact) mass is 267 g/mol. The lowest BCUT2D eigenvalue weighted by Gasteiger charge is -2.20. The van der Waals surface area contributed by atoms with Crippen LogP contribution in [0, 0.1) is 25.2 Å². The van der Waals surface area contributed by atoms with Crippen LogP contribution in [0.3, 0.4) is 0 Å². The van der Waals surface area contributed by atoms with Gasteiger partial charge in [-0.05, 0) is 36.5 Å². The van der Waals surface area contributed by atoms with E-state index >= 15 is 0 Å². The highest BCUT2D eigenvalue weighted by molar-refractivity contribution is 5.70. The van der Waals surface area contributed by atoms with Crippen molar-refractivity contribution in [1.29, 1.82) is 5.26 Å². The summed E-state index contributed by atoms with van der Waals surface area (Å²) in [5, 5.41) is 9.38. The summed E-state index contributed by atoms with van der Waals surface area (Å²) in [6.07, 6.45) is 0. The van der Waals surface area contributed by atoms with E-state index in [1.165, 1.54) is 5.56 Å². The topological polar surface area (TPSA) is 41.6 Å². The molecule has 0 aliphatic carbocycles. The van der Waals surface area contributed by atoms with Gasteiger partial charge >= 0.3 is 0 Å². The minimum Gasteiger partial charge on any atom is -0.323 e. The molecule has 3 heteroatoms. The minimum absolute atomic E-state index is 0.0824. The third kappa shape index (κ3) is 2.34. The van der Waals surface area contributed by atoms with Crippen molar-refractivity contribution in [3.63, 3.8) is 0 Å². The van der Waals surface area contributed by atoms with E-state index in [1.54, 1.807) is 0 Å². The molecule has 3 nitrogen and oxygen atoms in total. The second-order valence-corrected chi connectivity index (χ2v) is 6.31. The standard InChI is InChI=1S/C17H21N3/c1-11-7-8-13(17(3,4)5)9-14(11)16-15(10-18)20(6)12(2)19-16/h7-9H,1-6H3. The molecule has 0 spiro atoms. The lowest BCUT2D eigenvalue weighted by atomic mass is 9.85. The fourth-order valence-corrected chi connectivity index (χ4v) is 2.27. The van der Waals surface area contributed by atoms with Crippen LogP contribution in [0.15, 0.2) is 18.2 Å². The molecule has 0 saturated carbocycles. The summed E-state index contributed by atoms with van der Waals surface area (Å²) in [5.74, 6) is 0.858.